The molecule has 3 rings (SSSR count). The van der Waals surface area contributed by atoms with E-state index in [1.807, 2.05) is 4.90 Å². The summed E-state index contributed by atoms with van der Waals surface area (Å²) in [6.45, 7) is 1.18. The van der Waals surface area contributed by atoms with E-state index in [4.69, 9.17) is 4.74 Å². The summed E-state index contributed by atoms with van der Waals surface area (Å²) in [5, 5.41) is 3.29. The van der Waals surface area contributed by atoms with Crippen molar-refractivity contribution >= 4 is 11.6 Å². The van der Waals surface area contributed by atoms with Gasteiger partial charge in [-0.25, -0.2) is 19.9 Å². The SMILES string of the molecule is COc1cc(NC2CCN(c3cc(C(F)(F)F)ncn3)CC2)ncn1. The molecule has 0 amide bonds. The molecule has 1 aliphatic heterocycles. The number of rotatable bonds is 4. The second-order valence-electron chi connectivity index (χ2n) is 5.61. The van der Waals surface area contributed by atoms with Gasteiger partial charge in [-0.1, -0.05) is 0 Å². The molecule has 3 heterocycles. The largest absolute Gasteiger partial charge is 0.481 e. The normalized spacial score (nSPS) is 15.9. The van der Waals surface area contributed by atoms with Crippen molar-refractivity contribution in [2.75, 3.05) is 30.4 Å². The Balaban J connectivity index is 1.60. The monoisotopic (exact) mass is 354 g/mol. The Kier molecular flexibility index (Phi) is 4.86. The first-order valence-corrected chi connectivity index (χ1v) is 7.72. The number of anilines is 2. The fraction of sp³-hybridized carbons (Fsp3) is 0.467. The van der Waals surface area contributed by atoms with Crippen LogP contribution in [0.5, 0.6) is 5.88 Å². The highest BCUT2D eigenvalue weighted by molar-refractivity contribution is 5.42. The number of alkyl halides is 3. The summed E-state index contributed by atoms with van der Waals surface area (Å²) in [7, 11) is 1.53. The van der Waals surface area contributed by atoms with E-state index in [0.717, 1.165) is 25.2 Å². The zero-order valence-electron chi connectivity index (χ0n) is 13.5. The molecule has 1 N–H and O–H groups in total. The summed E-state index contributed by atoms with van der Waals surface area (Å²) >= 11 is 0. The van der Waals surface area contributed by atoms with Crippen LogP contribution in [0.2, 0.25) is 0 Å². The molecular weight excluding hydrogens is 337 g/mol. The number of ether oxygens (including phenoxy) is 1. The van der Waals surface area contributed by atoms with Crippen LogP contribution in [0.4, 0.5) is 24.8 Å². The van der Waals surface area contributed by atoms with Gasteiger partial charge < -0.3 is 15.0 Å². The van der Waals surface area contributed by atoms with Crippen LogP contribution in [0, 0.1) is 0 Å². The number of nitrogens with one attached hydrogen (secondary N) is 1. The maximum Gasteiger partial charge on any atom is 0.433 e. The van der Waals surface area contributed by atoms with E-state index in [1.54, 1.807) is 6.07 Å². The van der Waals surface area contributed by atoms with Crippen LogP contribution in [-0.2, 0) is 6.18 Å². The molecule has 25 heavy (non-hydrogen) atoms. The fourth-order valence-corrected chi connectivity index (χ4v) is 2.67. The van der Waals surface area contributed by atoms with Crippen molar-refractivity contribution in [3.05, 3.63) is 30.5 Å². The lowest BCUT2D eigenvalue weighted by Crippen LogP contribution is -2.39. The molecule has 1 fully saturated rings. The predicted molar refractivity (Wildman–Crippen MR) is 84.5 cm³/mol. The Morgan fingerprint density at radius 1 is 1.08 bits per heavy atom. The smallest absolute Gasteiger partial charge is 0.433 e. The van der Waals surface area contributed by atoms with Crippen LogP contribution < -0.4 is 15.0 Å². The molecule has 2 aromatic heterocycles. The van der Waals surface area contributed by atoms with E-state index in [1.165, 1.54) is 13.4 Å². The average molecular weight is 354 g/mol. The van der Waals surface area contributed by atoms with Gasteiger partial charge in [0.1, 0.15) is 30.0 Å². The van der Waals surface area contributed by atoms with Crippen molar-refractivity contribution in [1.82, 2.24) is 19.9 Å². The zero-order chi connectivity index (χ0) is 17.9. The molecule has 0 bridgehead atoms. The van der Waals surface area contributed by atoms with E-state index in [-0.39, 0.29) is 6.04 Å². The summed E-state index contributed by atoms with van der Waals surface area (Å²) in [5.74, 6) is 1.42. The lowest BCUT2D eigenvalue weighted by Gasteiger charge is -2.33. The van der Waals surface area contributed by atoms with Crippen LogP contribution in [-0.4, -0.2) is 46.2 Å². The molecule has 0 unspecified atom stereocenters. The molecule has 0 saturated carbocycles. The molecule has 1 aliphatic rings. The number of nitrogens with zero attached hydrogens (tertiary/aromatic N) is 5. The van der Waals surface area contributed by atoms with Crippen molar-refractivity contribution in [3.8, 4) is 5.88 Å². The van der Waals surface area contributed by atoms with Crippen molar-refractivity contribution in [1.29, 1.82) is 0 Å². The Labute approximate surface area is 142 Å². The predicted octanol–water partition coefficient (Wildman–Crippen LogP) is 2.37. The maximum atomic E-state index is 12.8. The molecular formula is C15H17F3N6O. The second-order valence-corrected chi connectivity index (χ2v) is 5.61. The van der Waals surface area contributed by atoms with Crippen molar-refractivity contribution in [2.45, 2.75) is 25.1 Å². The van der Waals surface area contributed by atoms with Crippen LogP contribution in [0.15, 0.2) is 24.8 Å². The van der Waals surface area contributed by atoms with Crippen LogP contribution in [0.25, 0.3) is 0 Å². The number of aromatic nitrogens is 4. The van der Waals surface area contributed by atoms with Gasteiger partial charge in [0.2, 0.25) is 5.88 Å². The van der Waals surface area contributed by atoms with E-state index < -0.39 is 11.9 Å². The summed E-state index contributed by atoms with van der Waals surface area (Å²) in [5.41, 5.74) is -0.925. The highest BCUT2D eigenvalue weighted by atomic mass is 19.4. The van der Waals surface area contributed by atoms with Gasteiger partial charge in [-0.2, -0.15) is 13.2 Å². The second kappa shape index (κ2) is 7.08. The highest BCUT2D eigenvalue weighted by Crippen LogP contribution is 2.29. The quantitative estimate of drug-likeness (QED) is 0.903. The molecule has 0 spiro atoms. The molecule has 134 valence electrons. The topological polar surface area (TPSA) is 76.1 Å². The van der Waals surface area contributed by atoms with Crippen molar-refractivity contribution < 1.29 is 17.9 Å². The molecule has 0 atom stereocenters. The Bertz CT molecular complexity index is 718. The molecule has 7 nitrogen and oxygen atoms in total. The maximum absolute atomic E-state index is 12.8. The molecule has 10 heteroatoms. The zero-order valence-corrected chi connectivity index (χ0v) is 13.5. The Morgan fingerprint density at radius 2 is 1.80 bits per heavy atom. The first kappa shape index (κ1) is 17.2. The first-order valence-electron chi connectivity index (χ1n) is 7.72. The third-order valence-electron chi connectivity index (χ3n) is 3.97. The van der Waals surface area contributed by atoms with E-state index >= 15 is 0 Å². The van der Waals surface area contributed by atoms with Gasteiger partial charge in [-0.3, -0.25) is 0 Å². The minimum Gasteiger partial charge on any atom is -0.481 e. The minimum atomic E-state index is -4.47. The number of piperidine rings is 1. The number of halogens is 3. The van der Waals surface area contributed by atoms with Crippen molar-refractivity contribution in [3.63, 3.8) is 0 Å². The van der Waals surface area contributed by atoms with E-state index in [2.05, 4.69) is 25.3 Å². The standard InChI is InChI=1S/C15H17F3N6O/c1-25-14-7-12(20-9-22-14)23-10-2-4-24(5-3-10)13-6-11(15(16,17)18)19-8-21-13/h6-10H,2-5H2,1H3,(H,20,22,23). The van der Waals surface area contributed by atoms with E-state index in [0.29, 0.717) is 30.6 Å². The highest BCUT2D eigenvalue weighted by Gasteiger charge is 2.33. The third kappa shape index (κ3) is 4.25. The van der Waals surface area contributed by atoms with Crippen molar-refractivity contribution in [2.24, 2.45) is 0 Å². The average Bonchev–Trinajstić information content (AvgIpc) is 2.62. The fourth-order valence-electron chi connectivity index (χ4n) is 2.67. The third-order valence-corrected chi connectivity index (χ3v) is 3.97. The molecule has 0 aliphatic carbocycles. The van der Waals surface area contributed by atoms with Gasteiger partial charge in [-0.15, -0.1) is 0 Å². The molecule has 2 aromatic rings. The van der Waals surface area contributed by atoms with Gasteiger partial charge in [-0.05, 0) is 12.8 Å². The summed E-state index contributed by atoms with van der Waals surface area (Å²) in [6, 6.07) is 2.86. The first-order chi connectivity index (χ1) is 12.0. The van der Waals surface area contributed by atoms with Gasteiger partial charge in [0, 0.05) is 31.3 Å². The molecule has 0 radical (unpaired) electrons. The van der Waals surface area contributed by atoms with Gasteiger partial charge in [0.15, 0.2) is 0 Å². The van der Waals surface area contributed by atoms with Crippen LogP contribution in [0.3, 0.4) is 0 Å². The van der Waals surface area contributed by atoms with Crippen LogP contribution in [0.1, 0.15) is 18.5 Å². The molecule has 0 aromatic carbocycles. The minimum absolute atomic E-state index is 0.166. The van der Waals surface area contributed by atoms with E-state index in [9.17, 15) is 13.2 Å². The lowest BCUT2D eigenvalue weighted by molar-refractivity contribution is -0.141. The van der Waals surface area contributed by atoms with Gasteiger partial charge in [0.25, 0.3) is 0 Å². The Morgan fingerprint density at radius 3 is 2.48 bits per heavy atom. The number of hydrogen-bond acceptors (Lipinski definition) is 7. The van der Waals surface area contributed by atoms with Gasteiger partial charge >= 0.3 is 6.18 Å². The van der Waals surface area contributed by atoms with Crippen LogP contribution >= 0.6 is 0 Å². The molecule has 1 saturated heterocycles. The summed E-state index contributed by atoms with van der Waals surface area (Å²) in [6.07, 6.45) is -0.607. The number of methoxy groups -OCH3 is 1. The summed E-state index contributed by atoms with van der Waals surface area (Å²) in [4.78, 5) is 17.2. The summed E-state index contributed by atoms with van der Waals surface area (Å²) < 4.78 is 43.3. The lowest BCUT2D eigenvalue weighted by atomic mass is 10.1. The van der Waals surface area contributed by atoms with Gasteiger partial charge in [0.05, 0.1) is 7.11 Å². The number of hydrogen-bond donors (Lipinski definition) is 1. The Hall–Kier alpha value is -2.65.